The van der Waals surface area contributed by atoms with Crippen LogP contribution in [0.5, 0.6) is 0 Å². The lowest BCUT2D eigenvalue weighted by Crippen LogP contribution is -2.34. The van der Waals surface area contributed by atoms with Crippen LogP contribution in [0.4, 0.5) is 5.69 Å². The molecule has 18 heavy (non-hydrogen) atoms. The van der Waals surface area contributed by atoms with E-state index >= 15 is 0 Å². The standard InChI is InChI=1S/C13H24N4O/c1-5-6-7-8-9(2)15-13(18)12-11(14)10(3)16-17(12)4/h9H,5-8,14H2,1-4H3,(H,15,18). The van der Waals surface area contributed by atoms with Crippen molar-refractivity contribution in [1.82, 2.24) is 15.1 Å². The molecule has 0 aliphatic heterocycles. The van der Waals surface area contributed by atoms with Gasteiger partial charge < -0.3 is 11.1 Å². The summed E-state index contributed by atoms with van der Waals surface area (Å²) in [6, 6.07) is 0.165. The van der Waals surface area contributed by atoms with Gasteiger partial charge >= 0.3 is 0 Å². The summed E-state index contributed by atoms with van der Waals surface area (Å²) in [4.78, 5) is 12.1. The summed E-state index contributed by atoms with van der Waals surface area (Å²) in [6.07, 6.45) is 4.52. The lowest BCUT2D eigenvalue weighted by molar-refractivity contribution is 0.0929. The number of nitrogens with two attached hydrogens (primary N) is 1. The van der Waals surface area contributed by atoms with Crippen LogP contribution in [-0.2, 0) is 7.05 Å². The molecule has 1 heterocycles. The van der Waals surface area contributed by atoms with Crippen molar-refractivity contribution in [1.29, 1.82) is 0 Å². The zero-order valence-corrected chi connectivity index (χ0v) is 11.8. The fraction of sp³-hybridized carbons (Fsp3) is 0.692. The second-order valence-corrected chi connectivity index (χ2v) is 4.84. The maximum atomic E-state index is 12.1. The van der Waals surface area contributed by atoms with Gasteiger partial charge in [0, 0.05) is 13.1 Å². The molecule has 0 spiro atoms. The van der Waals surface area contributed by atoms with Crippen LogP contribution < -0.4 is 11.1 Å². The predicted molar refractivity (Wildman–Crippen MR) is 73.4 cm³/mol. The summed E-state index contributed by atoms with van der Waals surface area (Å²) in [7, 11) is 1.74. The van der Waals surface area contributed by atoms with Crippen molar-refractivity contribution in [3.63, 3.8) is 0 Å². The first kappa shape index (κ1) is 14.5. The number of nitrogen functional groups attached to an aromatic ring is 1. The number of nitrogens with zero attached hydrogens (tertiary/aromatic N) is 2. The summed E-state index contributed by atoms with van der Waals surface area (Å²) in [5.41, 5.74) is 7.48. The Labute approximate surface area is 109 Å². The highest BCUT2D eigenvalue weighted by Gasteiger charge is 2.19. The zero-order chi connectivity index (χ0) is 13.7. The normalized spacial score (nSPS) is 12.4. The van der Waals surface area contributed by atoms with Gasteiger partial charge in [-0.15, -0.1) is 0 Å². The van der Waals surface area contributed by atoms with Crippen molar-refractivity contribution in [2.45, 2.75) is 52.5 Å². The van der Waals surface area contributed by atoms with Crippen LogP contribution in [-0.4, -0.2) is 21.7 Å². The molecule has 0 saturated heterocycles. The minimum Gasteiger partial charge on any atom is -0.395 e. The summed E-state index contributed by atoms with van der Waals surface area (Å²) in [5.74, 6) is -0.139. The maximum Gasteiger partial charge on any atom is 0.271 e. The fourth-order valence-corrected chi connectivity index (χ4v) is 2.01. The molecule has 0 aromatic carbocycles. The second-order valence-electron chi connectivity index (χ2n) is 4.84. The highest BCUT2D eigenvalue weighted by Crippen LogP contribution is 2.15. The van der Waals surface area contributed by atoms with Crippen LogP contribution in [0.2, 0.25) is 0 Å². The highest BCUT2D eigenvalue weighted by molar-refractivity contribution is 5.98. The summed E-state index contributed by atoms with van der Waals surface area (Å²) < 4.78 is 1.54. The monoisotopic (exact) mass is 252 g/mol. The first-order chi connectivity index (χ1) is 8.47. The van der Waals surface area contributed by atoms with Gasteiger partial charge in [0.25, 0.3) is 5.91 Å². The average Bonchev–Trinajstić information content (AvgIpc) is 2.53. The van der Waals surface area contributed by atoms with Crippen molar-refractivity contribution >= 4 is 11.6 Å². The Bertz CT molecular complexity index is 411. The number of aromatic nitrogens is 2. The summed E-state index contributed by atoms with van der Waals surface area (Å²) >= 11 is 0. The van der Waals surface area contributed by atoms with Gasteiger partial charge in [-0.2, -0.15) is 5.10 Å². The third-order valence-corrected chi connectivity index (χ3v) is 3.10. The molecule has 0 saturated carbocycles. The molecular weight excluding hydrogens is 228 g/mol. The molecule has 0 bridgehead atoms. The SMILES string of the molecule is CCCCCC(C)NC(=O)c1c(N)c(C)nn1C. The molecule has 1 atom stereocenters. The molecule has 3 N–H and O–H groups in total. The number of unbranched alkanes of at least 4 members (excludes halogenated alkanes) is 2. The van der Waals surface area contributed by atoms with E-state index < -0.39 is 0 Å². The van der Waals surface area contributed by atoms with E-state index in [0.717, 1.165) is 12.8 Å². The Balaban J connectivity index is 2.59. The van der Waals surface area contributed by atoms with Crippen molar-refractivity contribution in [3.8, 4) is 0 Å². The van der Waals surface area contributed by atoms with Gasteiger partial charge in [0.2, 0.25) is 0 Å². The van der Waals surface area contributed by atoms with Crippen LogP contribution in [0.1, 0.15) is 55.7 Å². The maximum absolute atomic E-state index is 12.1. The average molecular weight is 252 g/mol. The lowest BCUT2D eigenvalue weighted by Gasteiger charge is -2.14. The minimum absolute atomic E-state index is 0.139. The minimum atomic E-state index is -0.139. The Morgan fingerprint density at radius 3 is 2.67 bits per heavy atom. The van der Waals surface area contributed by atoms with Gasteiger partial charge in [-0.05, 0) is 20.3 Å². The molecule has 102 valence electrons. The van der Waals surface area contributed by atoms with Crippen LogP contribution in [0.3, 0.4) is 0 Å². The summed E-state index contributed by atoms with van der Waals surface area (Å²) in [5, 5.41) is 7.12. The quantitative estimate of drug-likeness (QED) is 0.761. The Morgan fingerprint density at radius 1 is 1.50 bits per heavy atom. The Hall–Kier alpha value is -1.52. The molecule has 5 heteroatoms. The number of aryl methyl sites for hydroxylation is 2. The first-order valence-electron chi connectivity index (χ1n) is 6.57. The number of hydrogen-bond donors (Lipinski definition) is 2. The number of carbonyl (C=O) groups excluding carboxylic acids is 1. The van der Waals surface area contributed by atoms with Gasteiger partial charge in [0.15, 0.2) is 0 Å². The number of nitrogens with one attached hydrogen (secondary N) is 1. The third-order valence-electron chi connectivity index (χ3n) is 3.10. The van der Waals surface area contributed by atoms with Gasteiger partial charge in [-0.25, -0.2) is 0 Å². The van der Waals surface area contributed by atoms with E-state index in [4.69, 9.17) is 5.73 Å². The molecular formula is C13H24N4O. The number of rotatable bonds is 6. The largest absolute Gasteiger partial charge is 0.395 e. The topological polar surface area (TPSA) is 72.9 Å². The molecule has 1 aromatic heterocycles. The molecule has 1 rings (SSSR count). The molecule has 0 fully saturated rings. The van der Waals surface area contributed by atoms with E-state index in [9.17, 15) is 4.79 Å². The van der Waals surface area contributed by atoms with Crippen molar-refractivity contribution in [2.75, 3.05) is 5.73 Å². The van der Waals surface area contributed by atoms with Gasteiger partial charge in [-0.1, -0.05) is 26.2 Å². The molecule has 1 aromatic rings. The van der Waals surface area contributed by atoms with Crippen molar-refractivity contribution in [2.24, 2.45) is 7.05 Å². The van der Waals surface area contributed by atoms with Gasteiger partial charge in [0.1, 0.15) is 5.69 Å². The van der Waals surface area contributed by atoms with Crippen LogP contribution in [0, 0.1) is 6.92 Å². The fourth-order valence-electron chi connectivity index (χ4n) is 2.01. The van der Waals surface area contributed by atoms with Gasteiger partial charge in [-0.3, -0.25) is 9.48 Å². The molecule has 0 aliphatic rings. The number of amides is 1. The molecule has 0 radical (unpaired) electrons. The highest BCUT2D eigenvalue weighted by atomic mass is 16.2. The number of carbonyl (C=O) groups is 1. The molecule has 0 aliphatic carbocycles. The molecule has 5 nitrogen and oxygen atoms in total. The Kier molecular flexibility index (Phi) is 5.19. The summed E-state index contributed by atoms with van der Waals surface area (Å²) in [6.45, 7) is 5.99. The molecule has 1 unspecified atom stereocenters. The number of hydrogen-bond acceptors (Lipinski definition) is 3. The zero-order valence-electron chi connectivity index (χ0n) is 11.8. The smallest absolute Gasteiger partial charge is 0.271 e. The molecule has 1 amide bonds. The van der Waals surface area contributed by atoms with Crippen LogP contribution in [0.25, 0.3) is 0 Å². The van der Waals surface area contributed by atoms with Crippen molar-refractivity contribution < 1.29 is 4.79 Å². The Morgan fingerprint density at radius 2 is 2.17 bits per heavy atom. The number of anilines is 1. The van der Waals surface area contributed by atoms with E-state index in [1.165, 1.54) is 12.8 Å². The second kappa shape index (κ2) is 6.42. The first-order valence-corrected chi connectivity index (χ1v) is 6.57. The van der Waals surface area contributed by atoms with E-state index in [1.54, 1.807) is 18.7 Å². The van der Waals surface area contributed by atoms with Crippen LogP contribution in [0.15, 0.2) is 0 Å². The van der Waals surface area contributed by atoms with Gasteiger partial charge in [0.05, 0.1) is 11.4 Å². The van der Waals surface area contributed by atoms with E-state index in [-0.39, 0.29) is 11.9 Å². The van der Waals surface area contributed by atoms with E-state index in [0.29, 0.717) is 17.1 Å². The van der Waals surface area contributed by atoms with E-state index in [1.807, 2.05) is 6.92 Å². The van der Waals surface area contributed by atoms with E-state index in [2.05, 4.69) is 17.3 Å². The predicted octanol–water partition coefficient (Wildman–Crippen LogP) is 2.01. The van der Waals surface area contributed by atoms with Crippen molar-refractivity contribution in [3.05, 3.63) is 11.4 Å². The third kappa shape index (κ3) is 3.48. The van der Waals surface area contributed by atoms with Crippen LogP contribution >= 0.6 is 0 Å². The lowest BCUT2D eigenvalue weighted by atomic mass is 10.1.